The Morgan fingerprint density at radius 2 is 2.09 bits per heavy atom. The molecule has 0 bridgehead atoms. The van der Waals surface area contributed by atoms with Crippen LogP contribution in [0.15, 0.2) is 52.1 Å². The molecule has 0 aromatic heterocycles. The van der Waals surface area contributed by atoms with Crippen molar-refractivity contribution in [3.63, 3.8) is 0 Å². The first-order chi connectivity index (χ1) is 10.6. The number of dihydropyridines is 1. The summed E-state index contributed by atoms with van der Waals surface area (Å²) in [5.41, 5.74) is 0.786. The smallest absolute Gasteiger partial charge is 0.286 e. The van der Waals surface area contributed by atoms with Crippen molar-refractivity contribution in [2.45, 2.75) is 11.8 Å². The molecule has 1 aromatic rings. The van der Waals surface area contributed by atoms with Crippen LogP contribution in [0.25, 0.3) is 0 Å². The maximum absolute atomic E-state index is 12.8. The number of halogens is 1. The highest BCUT2D eigenvalue weighted by Gasteiger charge is 2.36. The van der Waals surface area contributed by atoms with Crippen LogP contribution in [0.1, 0.15) is 5.56 Å². The molecule has 7 heteroatoms. The predicted molar refractivity (Wildman–Crippen MR) is 80.9 cm³/mol. The zero-order valence-corrected chi connectivity index (χ0v) is 12.1. The van der Waals surface area contributed by atoms with Gasteiger partial charge in [-0.1, -0.05) is 12.1 Å². The SMILES string of the molecule is O=C1N=C2C=CSC2C(O)=C1C(=O)NCc1ccc(F)cc1. The zero-order chi connectivity index (χ0) is 15.7. The van der Waals surface area contributed by atoms with Gasteiger partial charge >= 0.3 is 0 Å². The highest BCUT2D eigenvalue weighted by Crippen LogP contribution is 2.32. The van der Waals surface area contributed by atoms with Crippen molar-refractivity contribution in [2.24, 2.45) is 4.99 Å². The number of thioether (sulfide) groups is 1. The number of benzene rings is 1. The summed E-state index contributed by atoms with van der Waals surface area (Å²) >= 11 is 1.28. The van der Waals surface area contributed by atoms with Crippen molar-refractivity contribution in [2.75, 3.05) is 0 Å². The molecular weight excluding hydrogens is 307 g/mol. The van der Waals surface area contributed by atoms with E-state index in [0.717, 1.165) is 0 Å². The van der Waals surface area contributed by atoms with Crippen LogP contribution in [0.4, 0.5) is 4.39 Å². The van der Waals surface area contributed by atoms with E-state index in [0.29, 0.717) is 11.3 Å². The van der Waals surface area contributed by atoms with Gasteiger partial charge in [0.05, 0.1) is 5.71 Å². The Hall–Kier alpha value is -2.41. The van der Waals surface area contributed by atoms with Crippen LogP contribution >= 0.6 is 11.8 Å². The van der Waals surface area contributed by atoms with Crippen LogP contribution in [-0.4, -0.2) is 27.9 Å². The van der Waals surface area contributed by atoms with Gasteiger partial charge in [-0.15, -0.1) is 11.8 Å². The number of carbonyl (C=O) groups excluding carboxylic acids is 2. The second-order valence-corrected chi connectivity index (χ2v) is 5.75. The van der Waals surface area contributed by atoms with E-state index in [-0.39, 0.29) is 23.7 Å². The van der Waals surface area contributed by atoms with Crippen molar-refractivity contribution in [3.8, 4) is 0 Å². The Kier molecular flexibility index (Phi) is 3.81. The molecule has 5 nitrogen and oxygen atoms in total. The van der Waals surface area contributed by atoms with Gasteiger partial charge in [0.25, 0.3) is 11.8 Å². The highest BCUT2D eigenvalue weighted by molar-refractivity contribution is 8.04. The molecule has 2 N–H and O–H groups in total. The number of amides is 2. The number of nitrogens with zero attached hydrogens (tertiary/aromatic N) is 1. The van der Waals surface area contributed by atoms with Crippen molar-refractivity contribution in [1.82, 2.24) is 5.32 Å². The van der Waals surface area contributed by atoms with E-state index in [2.05, 4.69) is 10.3 Å². The molecule has 0 fully saturated rings. The molecule has 1 aromatic carbocycles. The van der Waals surface area contributed by atoms with Gasteiger partial charge in [-0.2, -0.15) is 0 Å². The lowest BCUT2D eigenvalue weighted by molar-refractivity contribution is -0.122. The van der Waals surface area contributed by atoms with Crippen LogP contribution in [0.5, 0.6) is 0 Å². The molecule has 2 heterocycles. The molecule has 0 saturated heterocycles. The van der Waals surface area contributed by atoms with Gasteiger partial charge in [0.2, 0.25) is 0 Å². The Labute approximate surface area is 129 Å². The molecule has 3 rings (SSSR count). The van der Waals surface area contributed by atoms with Crippen molar-refractivity contribution in [1.29, 1.82) is 0 Å². The number of allylic oxidation sites excluding steroid dienone is 1. The van der Waals surface area contributed by atoms with Gasteiger partial charge in [0.15, 0.2) is 0 Å². The van der Waals surface area contributed by atoms with E-state index < -0.39 is 17.1 Å². The molecule has 0 saturated carbocycles. The number of fused-ring (bicyclic) bond motifs is 1. The highest BCUT2D eigenvalue weighted by atomic mass is 32.2. The predicted octanol–water partition coefficient (Wildman–Crippen LogP) is 1.86. The summed E-state index contributed by atoms with van der Waals surface area (Å²) in [7, 11) is 0. The van der Waals surface area contributed by atoms with Crippen molar-refractivity contribution in [3.05, 3.63) is 58.5 Å². The van der Waals surface area contributed by atoms with Crippen molar-refractivity contribution >= 4 is 29.3 Å². The first-order valence-corrected chi connectivity index (χ1v) is 7.41. The van der Waals surface area contributed by atoms with Gasteiger partial charge in [-0.05, 0) is 29.2 Å². The van der Waals surface area contributed by atoms with Gasteiger partial charge < -0.3 is 10.4 Å². The molecule has 0 radical (unpaired) electrons. The van der Waals surface area contributed by atoms with Crippen LogP contribution in [0.3, 0.4) is 0 Å². The molecule has 0 spiro atoms. The average Bonchev–Trinajstić information content (AvgIpc) is 2.95. The van der Waals surface area contributed by atoms with Gasteiger partial charge in [-0.3, -0.25) is 9.59 Å². The molecular formula is C15H11FN2O3S. The molecule has 1 unspecified atom stereocenters. The topological polar surface area (TPSA) is 78.8 Å². The normalized spacial score (nSPS) is 20.0. The first-order valence-electron chi connectivity index (χ1n) is 6.47. The van der Waals surface area contributed by atoms with E-state index in [1.54, 1.807) is 11.5 Å². The number of rotatable bonds is 3. The van der Waals surface area contributed by atoms with Gasteiger partial charge in [-0.25, -0.2) is 9.38 Å². The fraction of sp³-hybridized carbons (Fsp3) is 0.133. The zero-order valence-electron chi connectivity index (χ0n) is 11.2. The fourth-order valence-electron chi connectivity index (χ4n) is 2.15. The Balaban J connectivity index is 1.73. The van der Waals surface area contributed by atoms with E-state index in [1.165, 1.54) is 36.0 Å². The summed E-state index contributed by atoms with van der Waals surface area (Å²) < 4.78 is 12.8. The Bertz CT molecular complexity index is 738. The monoisotopic (exact) mass is 318 g/mol. The minimum atomic E-state index is -0.757. The number of hydrogen-bond acceptors (Lipinski definition) is 4. The molecule has 112 valence electrons. The molecule has 0 aliphatic carbocycles. The lowest BCUT2D eigenvalue weighted by atomic mass is 10.0. The van der Waals surface area contributed by atoms with E-state index >= 15 is 0 Å². The molecule has 1 atom stereocenters. The minimum absolute atomic E-state index is 0.121. The number of carbonyl (C=O) groups is 2. The van der Waals surface area contributed by atoms with Crippen LogP contribution < -0.4 is 5.32 Å². The summed E-state index contributed by atoms with van der Waals surface area (Å²) in [6, 6.07) is 5.61. The Morgan fingerprint density at radius 3 is 2.82 bits per heavy atom. The maximum Gasteiger partial charge on any atom is 0.286 e. The standard InChI is InChI=1S/C15H11FN2O3S/c16-9-3-1-8(2-4-9)7-17-14(20)11-12(19)13-10(5-6-22-13)18-15(11)21/h1-6,13,19H,7H2,(H,17,20). The summed E-state index contributed by atoms with van der Waals surface area (Å²) in [6.07, 6.45) is 1.64. The van der Waals surface area contributed by atoms with E-state index in [4.69, 9.17) is 0 Å². The summed E-state index contributed by atoms with van der Waals surface area (Å²) in [5.74, 6) is -2.10. The number of aliphatic hydroxyl groups is 1. The van der Waals surface area contributed by atoms with E-state index in [1.807, 2.05) is 0 Å². The third kappa shape index (κ3) is 2.67. The maximum atomic E-state index is 12.8. The first kappa shape index (κ1) is 14.5. The lowest BCUT2D eigenvalue weighted by Gasteiger charge is -2.18. The Morgan fingerprint density at radius 1 is 1.36 bits per heavy atom. The molecule has 2 amide bonds. The minimum Gasteiger partial charge on any atom is -0.510 e. The molecule has 2 aliphatic heterocycles. The lowest BCUT2D eigenvalue weighted by Crippen LogP contribution is -2.34. The van der Waals surface area contributed by atoms with Crippen LogP contribution in [0, 0.1) is 5.82 Å². The largest absolute Gasteiger partial charge is 0.510 e. The van der Waals surface area contributed by atoms with Gasteiger partial charge in [0, 0.05) is 6.54 Å². The van der Waals surface area contributed by atoms with E-state index in [9.17, 15) is 19.1 Å². The third-order valence-electron chi connectivity index (χ3n) is 3.26. The average molecular weight is 318 g/mol. The van der Waals surface area contributed by atoms with Crippen LogP contribution in [-0.2, 0) is 16.1 Å². The summed E-state index contributed by atoms with van der Waals surface area (Å²) in [4.78, 5) is 27.8. The number of hydrogen-bond donors (Lipinski definition) is 2. The number of aliphatic imine (C=N–C) groups is 1. The molecule has 2 aliphatic rings. The number of nitrogens with one attached hydrogen (secondary N) is 1. The summed E-state index contributed by atoms with van der Waals surface area (Å²) in [6.45, 7) is 0.121. The second kappa shape index (κ2) is 5.76. The van der Waals surface area contributed by atoms with Crippen molar-refractivity contribution < 1.29 is 19.1 Å². The second-order valence-electron chi connectivity index (χ2n) is 4.73. The van der Waals surface area contributed by atoms with Crippen LogP contribution in [0.2, 0.25) is 0 Å². The summed E-state index contributed by atoms with van der Waals surface area (Å²) in [5, 5.41) is 13.9. The van der Waals surface area contributed by atoms with Gasteiger partial charge in [0.1, 0.15) is 22.4 Å². The number of aliphatic hydroxyl groups excluding tert-OH is 1. The fourth-order valence-corrected chi connectivity index (χ4v) is 3.04. The quantitative estimate of drug-likeness (QED) is 0.834. The third-order valence-corrected chi connectivity index (χ3v) is 4.29. The molecule has 22 heavy (non-hydrogen) atoms.